The lowest BCUT2D eigenvalue weighted by molar-refractivity contribution is -0.117. The van der Waals surface area contributed by atoms with Crippen molar-refractivity contribution in [3.63, 3.8) is 0 Å². The lowest BCUT2D eigenvalue weighted by Gasteiger charge is -2.36. The second-order valence-electron chi connectivity index (χ2n) is 5.85. The number of anilines is 1. The Bertz CT molecular complexity index is 447. The summed E-state index contributed by atoms with van der Waals surface area (Å²) >= 11 is 0. The molecule has 0 spiro atoms. The van der Waals surface area contributed by atoms with E-state index < -0.39 is 0 Å². The quantitative estimate of drug-likeness (QED) is 0.780. The van der Waals surface area contributed by atoms with Crippen molar-refractivity contribution in [2.45, 2.75) is 25.3 Å². The van der Waals surface area contributed by atoms with E-state index in [2.05, 4.69) is 27.1 Å². The van der Waals surface area contributed by atoms with Gasteiger partial charge in [-0.15, -0.1) is 0 Å². The molecule has 0 aliphatic carbocycles. The standard InChI is InChI=1S/C16H26N4O2/c1-19(9-2-12-21)15-5-10-20(11-6-15)13-16(22)18-14-3-7-17-8-4-14/h3-4,7-8,15,21H,2,5-6,9-13H2,1H3,(H,17,18,22). The van der Waals surface area contributed by atoms with E-state index in [4.69, 9.17) is 5.11 Å². The van der Waals surface area contributed by atoms with Crippen molar-refractivity contribution >= 4 is 11.6 Å². The third kappa shape index (κ3) is 5.36. The Labute approximate surface area is 132 Å². The fourth-order valence-corrected chi connectivity index (χ4v) is 2.86. The number of amides is 1. The number of likely N-dealkylation sites (tertiary alicyclic amines) is 1. The fourth-order valence-electron chi connectivity index (χ4n) is 2.86. The summed E-state index contributed by atoms with van der Waals surface area (Å²) in [7, 11) is 2.12. The van der Waals surface area contributed by atoms with Crippen molar-refractivity contribution < 1.29 is 9.90 Å². The van der Waals surface area contributed by atoms with E-state index in [0.717, 1.165) is 44.6 Å². The van der Waals surface area contributed by atoms with E-state index in [1.54, 1.807) is 24.5 Å². The first-order chi connectivity index (χ1) is 10.7. The number of nitrogens with one attached hydrogen (secondary N) is 1. The number of hydrogen-bond acceptors (Lipinski definition) is 5. The van der Waals surface area contributed by atoms with Gasteiger partial charge in [-0.1, -0.05) is 0 Å². The number of aromatic nitrogens is 1. The van der Waals surface area contributed by atoms with Crippen LogP contribution in [0.25, 0.3) is 0 Å². The van der Waals surface area contributed by atoms with Gasteiger partial charge in [-0.3, -0.25) is 14.7 Å². The number of aliphatic hydroxyl groups excluding tert-OH is 1. The van der Waals surface area contributed by atoms with E-state index >= 15 is 0 Å². The molecular formula is C16H26N4O2. The smallest absolute Gasteiger partial charge is 0.238 e. The Balaban J connectivity index is 1.69. The van der Waals surface area contributed by atoms with Gasteiger partial charge in [0.25, 0.3) is 0 Å². The van der Waals surface area contributed by atoms with Crippen molar-refractivity contribution in [3.8, 4) is 0 Å². The predicted octanol–water partition coefficient (Wildman–Crippen LogP) is 0.799. The summed E-state index contributed by atoms with van der Waals surface area (Å²) in [6.07, 6.45) is 6.31. The first-order valence-electron chi connectivity index (χ1n) is 7.92. The lowest BCUT2D eigenvalue weighted by Crippen LogP contribution is -2.45. The zero-order valence-electron chi connectivity index (χ0n) is 13.2. The molecule has 1 aliphatic heterocycles. The lowest BCUT2D eigenvalue weighted by atomic mass is 10.0. The monoisotopic (exact) mass is 306 g/mol. The number of rotatable bonds is 7. The molecule has 22 heavy (non-hydrogen) atoms. The van der Waals surface area contributed by atoms with Gasteiger partial charge in [-0.05, 0) is 38.4 Å². The number of hydrogen-bond donors (Lipinski definition) is 2. The summed E-state index contributed by atoms with van der Waals surface area (Å²) in [4.78, 5) is 20.5. The minimum atomic E-state index is 0.0262. The number of pyridine rings is 1. The Morgan fingerprint density at radius 2 is 2.09 bits per heavy atom. The SMILES string of the molecule is CN(CCCO)C1CCN(CC(=O)Nc2ccncc2)CC1. The average Bonchev–Trinajstić information content (AvgIpc) is 2.54. The summed E-state index contributed by atoms with van der Waals surface area (Å²) < 4.78 is 0. The summed E-state index contributed by atoms with van der Waals surface area (Å²) in [5, 5.41) is 11.8. The van der Waals surface area contributed by atoms with Gasteiger partial charge in [0.05, 0.1) is 6.54 Å². The van der Waals surface area contributed by atoms with Crippen LogP contribution in [0.2, 0.25) is 0 Å². The van der Waals surface area contributed by atoms with Gasteiger partial charge in [0, 0.05) is 50.4 Å². The number of aliphatic hydroxyl groups is 1. The highest BCUT2D eigenvalue weighted by molar-refractivity contribution is 5.92. The van der Waals surface area contributed by atoms with Crippen LogP contribution in [0.4, 0.5) is 5.69 Å². The van der Waals surface area contributed by atoms with Gasteiger partial charge in [0.2, 0.25) is 5.91 Å². The van der Waals surface area contributed by atoms with Gasteiger partial charge >= 0.3 is 0 Å². The maximum absolute atomic E-state index is 12.0. The van der Waals surface area contributed by atoms with Crippen LogP contribution >= 0.6 is 0 Å². The first kappa shape index (κ1) is 16.9. The van der Waals surface area contributed by atoms with Crippen molar-refractivity contribution in [2.75, 3.05) is 45.2 Å². The molecular weight excluding hydrogens is 280 g/mol. The van der Waals surface area contributed by atoms with Gasteiger partial charge in [0.15, 0.2) is 0 Å². The Morgan fingerprint density at radius 1 is 1.41 bits per heavy atom. The Kier molecular flexibility index (Phi) is 6.76. The van der Waals surface area contributed by atoms with Gasteiger partial charge < -0.3 is 15.3 Å². The van der Waals surface area contributed by atoms with Crippen molar-refractivity contribution in [3.05, 3.63) is 24.5 Å². The summed E-state index contributed by atoms with van der Waals surface area (Å²) in [6, 6.07) is 4.15. The van der Waals surface area contributed by atoms with Crippen LogP contribution < -0.4 is 5.32 Å². The second-order valence-corrected chi connectivity index (χ2v) is 5.85. The highest BCUT2D eigenvalue weighted by Crippen LogP contribution is 2.15. The molecule has 6 heteroatoms. The van der Waals surface area contributed by atoms with Crippen LogP contribution in [0.3, 0.4) is 0 Å². The molecule has 2 heterocycles. The molecule has 0 radical (unpaired) electrons. The molecule has 0 bridgehead atoms. The van der Waals surface area contributed by atoms with Crippen molar-refractivity contribution in [2.24, 2.45) is 0 Å². The second kappa shape index (κ2) is 8.82. The largest absolute Gasteiger partial charge is 0.396 e. The van der Waals surface area contributed by atoms with Crippen LogP contribution in [0.1, 0.15) is 19.3 Å². The molecule has 1 fully saturated rings. The maximum atomic E-state index is 12.0. The van der Waals surface area contributed by atoms with Crippen LogP contribution in [-0.4, -0.2) is 71.7 Å². The molecule has 1 saturated heterocycles. The van der Waals surface area contributed by atoms with E-state index in [-0.39, 0.29) is 12.5 Å². The zero-order chi connectivity index (χ0) is 15.8. The summed E-state index contributed by atoms with van der Waals surface area (Å²) in [5.41, 5.74) is 0.790. The number of carbonyl (C=O) groups is 1. The molecule has 0 aromatic carbocycles. The normalized spacial score (nSPS) is 16.9. The maximum Gasteiger partial charge on any atom is 0.238 e. The predicted molar refractivity (Wildman–Crippen MR) is 86.7 cm³/mol. The third-order valence-corrected chi connectivity index (χ3v) is 4.18. The molecule has 2 rings (SSSR count). The minimum Gasteiger partial charge on any atom is -0.396 e. The molecule has 1 aromatic heterocycles. The molecule has 2 N–H and O–H groups in total. The topological polar surface area (TPSA) is 68.7 Å². The van der Waals surface area contributed by atoms with Crippen molar-refractivity contribution in [1.82, 2.24) is 14.8 Å². The van der Waals surface area contributed by atoms with Gasteiger partial charge in [-0.2, -0.15) is 0 Å². The summed E-state index contributed by atoms with van der Waals surface area (Å²) in [5.74, 6) is 0.0262. The zero-order valence-corrected chi connectivity index (χ0v) is 13.2. The molecule has 1 amide bonds. The Morgan fingerprint density at radius 3 is 2.73 bits per heavy atom. The van der Waals surface area contributed by atoms with Crippen LogP contribution in [-0.2, 0) is 4.79 Å². The first-order valence-corrected chi connectivity index (χ1v) is 7.92. The molecule has 6 nitrogen and oxygen atoms in total. The number of piperidine rings is 1. The molecule has 0 atom stereocenters. The number of carbonyl (C=O) groups excluding carboxylic acids is 1. The summed E-state index contributed by atoms with van der Waals surface area (Å²) in [6.45, 7) is 3.51. The molecule has 0 unspecified atom stereocenters. The fraction of sp³-hybridized carbons (Fsp3) is 0.625. The van der Waals surface area contributed by atoms with Crippen molar-refractivity contribution in [1.29, 1.82) is 0 Å². The van der Waals surface area contributed by atoms with E-state index in [1.807, 2.05) is 0 Å². The van der Waals surface area contributed by atoms with E-state index in [0.29, 0.717) is 12.6 Å². The highest BCUT2D eigenvalue weighted by atomic mass is 16.3. The van der Waals surface area contributed by atoms with Gasteiger partial charge in [0.1, 0.15) is 0 Å². The third-order valence-electron chi connectivity index (χ3n) is 4.18. The van der Waals surface area contributed by atoms with Crippen LogP contribution in [0.15, 0.2) is 24.5 Å². The van der Waals surface area contributed by atoms with E-state index in [1.165, 1.54) is 0 Å². The minimum absolute atomic E-state index is 0.0262. The Hall–Kier alpha value is -1.50. The van der Waals surface area contributed by atoms with Crippen LogP contribution in [0, 0.1) is 0 Å². The average molecular weight is 306 g/mol. The van der Waals surface area contributed by atoms with E-state index in [9.17, 15) is 4.79 Å². The highest BCUT2D eigenvalue weighted by Gasteiger charge is 2.23. The molecule has 0 saturated carbocycles. The molecule has 122 valence electrons. The molecule has 1 aromatic rings. The van der Waals surface area contributed by atoms with Crippen LogP contribution in [0.5, 0.6) is 0 Å². The van der Waals surface area contributed by atoms with Gasteiger partial charge in [-0.25, -0.2) is 0 Å². The molecule has 1 aliphatic rings. The number of nitrogens with zero attached hydrogens (tertiary/aromatic N) is 3.